The van der Waals surface area contributed by atoms with Crippen molar-refractivity contribution in [1.82, 2.24) is 14.9 Å². The molecule has 0 saturated carbocycles. The van der Waals surface area contributed by atoms with Crippen LogP contribution >= 0.6 is 0 Å². The number of nitrogens with two attached hydrogens (primary N) is 1. The van der Waals surface area contributed by atoms with Gasteiger partial charge in [0.1, 0.15) is 18.1 Å². The molecule has 1 aromatic heterocycles. The number of aromatic nitrogens is 2. The Balaban J connectivity index is 2.11. The zero-order valence-corrected chi connectivity index (χ0v) is 20.1. The SMILES string of the molecule is CC(C)(C)[Si](C)(C)OC[C@H]1O[C@@H](n2cc(C#CCNC(=O)C(F)(F)F)c(N)nc2=O)C[C@@H]1O. The average molecular weight is 491 g/mol. The van der Waals surface area contributed by atoms with Crippen molar-refractivity contribution in [3.63, 3.8) is 0 Å². The second-order valence-corrected chi connectivity index (χ2v) is 14.0. The molecule has 0 aliphatic carbocycles. The lowest BCUT2D eigenvalue weighted by Gasteiger charge is -2.37. The van der Waals surface area contributed by atoms with Gasteiger partial charge in [-0.15, -0.1) is 0 Å². The molecule has 1 aliphatic heterocycles. The summed E-state index contributed by atoms with van der Waals surface area (Å²) >= 11 is 0. The van der Waals surface area contributed by atoms with Gasteiger partial charge in [-0.3, -0.25) is 9.36 Å². The molecular formula is C20H29F3N4O5Si. The summed E-state index contributed by atoms with van der Waals surface area (Å²) in [5.41, 5.74) is 5.03. The van der Waals surface area contributed by atoms with E-state index in [1.54, 1.807) is 5.32 Å². The van der Waals surface area contributed by atoms with Crippen LogP contribution in [0.25, 0.3) is 0 Å². The minimum Gasteiger partial charge on any atom is -0.414 e. The van der Waals surface area contributed by atoms with E-state index in [1.165, 1.54) is 6.20 Å². The van der Waals surface area contributed by atoms with Crippen molar-refractivity contribution in [3.05, 3.63) is 22.2 Å². The van der Waals surface area contributed by atoms with E-state index >= 15 is 0 Å². The molecule has 1 aliphatic rings. The number of carbonyl (C=O) groups excluding carboxylic acids is 1. The number of amides is 1. The number of aliphatic hydroxyl groups is 1. The molecule has 184 valence electrons. The number of nitrogen functional groups attached to an aromatic ring is 1. The van der Waals surface area contributed by atoms with Gasteiger partial charge in [-0.2, -0.15) is 18.2 Å². The fourth-order valence-electron chi connectivity index (χ4n) is 2.69. The summed E-state index contributed by atoms with van der Waals surface area (Å²) in [4.78, 5) is 26.8. The van der Waals surface area contributed by atoms with Crippen molar-refractivity contribution in [2.45, 2.75) is 69.9 Å². The Morgan fingerprint density at radius 3 is 2.64 bits per heavy atom. The summed E-state index contributed by atoms with van der Waals surface area (Å²) in [6.45, 7) is 9.99. The maximum Gasteiger partial charge on any atom is 0.471 e. The van der Waals surface area contributed by atoms with Crippen molar-refractivity contribution in [2.24, 2.45) is 0 Å². The van der Waals surface area contributed by atoms with Gasteiger partial charge in [0.05, 0.1) is 24.8 Å². The van der Waals surface area contributed by atoms with Crippen molar-refractivity contribution in [1.29, 1.82) is 0 Å². The number of ether oxygens (including phenoxy) is 1. The molecular weight excluding hydrogens is 461 g/mol. The Kier molecular flexibility index (Phi) is 8.00. The van der Waals surface area contributed by atoms with E-state index in [-0.39, 0.29) is 29.4 Å². The highest BCUT2D eigenvalue weighted by Crippen LogP contribution is 2.37. The second kappa shape index (κ2) is 9.84. The number of hydrogen-bond acceptors (Lipinski definition) is 7. The van der Waals surface area contributed by atoms with E-state index in [0.717, 1.165) is 4.57 Å². The van der Waals surface area contributed by atoms with Crippen molar-refractivity contribution >= 4 is 20.0 Å². The molecule has 1 fully saturated rings. The second-order valence-electron chi connectivity index (χ2n) is 9.22. The molecule has 1 amide bonds. The quantitative estimate of drug-likeness (QED) is 0.422. The molecule has 0 aromatic carbocycles. The third-order valence-corrected chi connectivity index (χ3v) is 10.2. The monoisotopic (exact) mass is 490 g/mol. The maximum atomic E-state index is 12.3. The van der Waals surface area contributed by atoms with Crippen molar-refractivity contribution < 1.29 is 32.2 Å². The molecule has 9 nitrogen and oxygen atoms in total. The number of nitrogens with one attached hydrogen (secondary N) is 1. The standard InChI is InChI=1S/C20H29F3N4O5Si/c1-19(2,3)33(4,5)31-11-14-13(28)9-15(32-14)27-10-12(16(24)26-18(27)30)7-6-8-25-17(29)20(21,22)23/h10,13-15,28H,8-9,11H2,1-5H3,(H,25,29)(H2,24,26,30)/t13-,14+,15+/m0/s1. The Morgan fingerprint density at radius 1 is 1.42 bits per heavy atom. The van der Waals surface area contributed by atoms with Crippen molar-refractivity contribution in [2.75, 3.05) is 18.9 Å². The van der Waals surface area contributed by atoms with Crippen LogP contribution in [0.5, 0.6) is 0 Å². The van der Waals surface area contributed by atoms with Gasteiger partial charge in [-0.25, -0.2) is 4.79 Å². The number of rotatable bonds is 5. The molecule has 0 bridgehead atoms. The topological polar surface area (TPSA) is 129 Å². The molecule has 1 saturated heterocycles. The number of nitrogens with zero attached hydrogens (tertiary/aromatic N) is 2. The maximum absolute atomic E-state index is 12.3. The Hall–Kier alpha value is -2.40. The first-order valence-corrected chi connectivity index (χ1v) is 13.1. The summed E-state index contributed by atoms with van der Waals surface area (Å²) in [7, 11) is -2.08. The minimum atomic E-state index is -5.01. The van der Waals surface area contributed by atoms with Crippen molar-refractivity contribution in [3.8, 4) is 11.8 Å². The van der Waals surface area contributed by atoms with Crippen LogP contribution in [0, 0.1) is 11.8 Å². The predicted molar refractivity (Wildman–Crippen MR) is 117 cm³/mol. The van der Waals surface area contributed by atoms with Crippen LogP contribution in [0.3, 0.4) is 0 Å². The lowest BCUT2D eigenvalue weighted by atomic mass is 10.2. The van der Waals surface area contributed by atoms with Crippen LogP contribution in [0.4, 0.5) is 19.0 Å². The Morgan fingerprint density at radius 2 is 2.06 bits per heavy atom. The average Bonchev–Trinajstić information content (AvgIpc) is 3.03. The molecule has 13 heteroatoms. The van der Waals surface area contributed by atoms with E-state index in [2.05, 4.69) is 50.7 Å². The molecule has 0 radical (unpaired) electrons. The third kappa shape index (κ3) is 6.79. The van der Waals surface area contributed by atoms with Crippen LogP contribution in [0.1, 0.15) is 39.0 Å². The fraction of sp³-hybridized carbons (Fsp3) is 0.650. The first kappa shape index (κ1) is 26.8. The summed E-state index contributed by atoms with van der Waals surface area (Å²) < 4.78 is 49.7. The minimum absolute atomic E-state index is 0.0269. The molecule has 4 N–H and O–H groups in total. The van der Waals surface area contributed by atoms with Crippen LogP contribution in [-0.4, -0.2) is 60.4 Å². The molecule has 0 unspecified atom stereocenters. The normalized spacial score (nSPS) is 21.4. The number of anilines is 1. The van der Waals surface area contributed by atoms with Gasteiger partial charge in [0, 0.05) is 12.6 Å². The van der Waals surface area contributed by atoms with E-state index in [1.807, 2.05) is 0 Å². The molecule has 2 rings (SSSR count). The molecule has 1 aromatic rings. The summed E-state index contributed by atoms with van der Waals surface area (Å²) in [6.07, 6.45) is -6.03. The number of alkyl halides is 3. The van der Waals surface area contributed by atoms with Crippen LogP contribution in [0.2, 0.25) is 18.1 Å². The van der Waals surface area contributed by atoms with Gasteiger partial charge in [0.2, 0.25) is 0 Å². The van der Waals surface area contributed by atoms with E-state index in [0.29, 0.717) is 0 Å². The van der Waals surface area contributed by atoms with Gasteiger partial charge in [0.25, 0.3) is 0 Å². The highest BCUT2D eigenvalue weighted by Gasteiger charge is 2.41. The summed E-state index contributed by atoms with van der Waals surface area (Å²) in [5, 5.41) is 12.0. The van der Waals surface area contributed by atoms with Gasteiger partial charge in [-0.05, 0) is 18.1 Å². The zero-order valence-electron chi connectivity index (χ0n) is 19.1. The lowest BCUT2D eigenvalue weighted by molar-refractivity contribution is -0.173. The Bertz CT molecular complexity index is 995. The smallest absolute Gasteiger partial charge is 0.414 e. The van der Waals surface area contributed by atoms with E-state index in [4.69, 9.17) is 14.9 Å². The fourth-order valence-corrected chi connectivity index (χ4v) is 3.70. The lowest BCUT2D eigenvalue weighted by Crippen LogP contribution is -2.43. The summed E-state index contributed by atoms with van der Waals surface area (Å²) in [5.74, 6) is 2.47. The van der Waals surface area contributed by atoms with Crippen LogP contribution in [-0.2, 0) is 14.0 Å². The van der Waals surface area contributed by atoms with E-state index < -0.39 is 51.1 Å². The van der Waals surface area contributed by atoms with Gasteiger partial charge in [0.15, 0.2) is 8.32 Å². The number of halogens is 3. The van der Waals surface area contributed by atoms with Gasteiger partial charge < -0.3 is 25.3 Å². The zero-order chi connectivity index (χ0) is 25.2. The molecule has 33 heavy (non-hydrogen) atoms. The highest BCUT2D eigenvalue weighted by atomic mass is 28.4. The highest BCUT2D eigenvalue weighted by molar-refractivity contribution is 6.74. The molecule has 0 spiro atoms. The predicted octanol–water partition coefficient (Wildman–Crippen LogP) is 1.53. The Labute approximate surface area is 190 Å². The van der Waals surface area contributed by atoms with Gasteiger partial charge >= 0.3 is 17.8 Å². The van der Waals surface area contributed by atoms with Crippen LogP contribution < -0.4 is 16.7 Å². The van der Waals surface area contributed by atoms with E-state index in [9.17, 15) is 27.9 Å². The molecule has 3 atom stereocenters. The number of aliphatic hydroxyl groups excluding tert-OH is 1. The summed E-state index contributed by atoms with van der Waals surface area (Å²) in [6, 6.07) is 0. The number of hydrogen-bond donors (Lipinski definition) is 3. The van der Waals surface area contributed by atoms with Gasteiger partial charge in [-0.1, -0.05) is 32.6 Å². The first-order valence-electron chi connectivity index (χ1n) is 10.2. The molecule has 2 heterocycles. The number of carbonyl (C=O) groups is 1. The van der Waals surface area contributed by atoms with Crippen LogP contribution in [0.15, 0.2) is 11.0 Å². The first-order chi connectivity index (χ1) is 15.0. The third-order valence-electron chi connectivity index (χ3n) is 5.73. The largest absolute Gasteiger partial charge is 0.471 e.